The van der Waals surface area contributed by atoms with Crippen molar-refractivity contribution in [3.05, 3.63) is 54.2 Å². The van der Waals surface area contributed by atoms with E-state index in [1.165, 1.54) is 12.4 Å². The molecule has 1 saturated carbocycles. The summed E-state index contributed by atoms with van der Waals surface area (Å²) in [6.07, 6.45) is 4.94. The van der Waals surface area contributed by atoms with Gasteiger partial charge in [0.15, 0.2) is 0 Å². The molecule has 0 saturated heterocycles. The zero-order valence-electron chi connectivity index (χ0n) is 18.2. The van der Waals surface area contributed by atoms with Gasteiger partial charge in [-0.15, -0.1) is 0 Å². The van der Waals surface area contributed by atoms with E-state index in [0.29, 0.717) is 34.9 Å². The Morgan fingerprint density at radius 1 is 1.27 bits per heavy atom. The molecule has 1 aliphatic rings. The summed E-state index contributed by atoms with van der Waals surface area (Å²) < 4.78 is 26.3. The van der Waals surface area contributed by atoms with Crippen molar-refractivity contribution in [3.8, 4) is 11.3 Å². The first-order valence-corrected chi connectivity index (χ1v) is 10.7. The van der Waals surface area contributed by atoms with Gasteiger partial charge in [0.2, 0.25) is 5.91 Å². The second-order valence-electron chi connectivity index (χ2n) is 8.05. The van der Waals surface area contributed by atoms with Crippen LogP contribution in [0.25, 0.3) is 11.3 Å². The molecule has 3 aromatic heterocycles. The lowest BCUT2D eigenvalue weighted by atomic mass is 10.1. The minimum absolute atomic E-state index is 0.134. The summed E-state index contributed by atoms with van der Waals surface area (Å²) in [5.41, 5.74) is 3.29. The molecule has 1 amide bonds. The summed E-state index contributed by atoms with van der Waals surface area (Å²) in [7, 11) is 0. The minimum atomic E-state index is -2.95. The van der Waals surface area contributed by atoms with Gasteiger partial charge in [-0.3, -0.25) is 9.78 Å². The first-order chi connectivity index (χ1) is 15.8. The van der Waals surface area contributed by atoms with Crippen LogP contribution in [0.2, 0.25) is 0 Å². The number of alkyl halides is 2. The van der Waals surface area contributed by atoms with Gasteiger partial charge in [0.05, 0.1) is 29.4 Å². The maximum Gasteiger partial charge on any atom is 0.260 e. The van der Waals surface area contributed by atoms with Crippen molar-refractivity contribution >= 4 is 23.2 Å². The second kappa shape index (κ2) is 9.14. The fourth-order valence-electron chi connectivity index (χ4n) is 3.44. The predicted octanol–water partition coefficient (Wildman–Crippen LogP) is 4.41. The number of rotatable bonds is 8. The van der Waals surface area contributed by atoms with E-state index in [1.807, 2.05) is 19.9 Å². The molecule has 4 rings (SSSR count). The molecule has 10 heteroatoms. The monoisotopic (exact) mass is 454 g/mol. The smallest absolute Gasteiger partial charge is 0.260 e. The average Bonchev–Trinajstić information content (AvgIpc) is 3.44. The van der Waals surface area contributed by atoms with E-state index in [4.69, 9.17) is 0 Å². The van der Waals surface area contributed by atoms with Gasteiger partial charge in [0.1, 0.15) is 23.9 Å². The molecule has 0 radical (unpaired) electrons. The van der Waals surface area contributed by atoms with Gasteiger partial charge in [0, 0.05) is 24.2 Å². The molecule has 172 valence electrons. The number of pyridine rings is 2. The molecular formula is C23H24F2N6O2. The minimum Gasteiger partial charge on any atom is -0.387 e. The number of aromatic nitrogens is 4. The normalized spacial score (nSPS) is 17.3. The van der Waals surface area contributed by atoms with Crippen molar-refractivity contribution in [2.75, 3.05) is 10.6 Å². The highest BCUT2D eigenvalue weighted by atomic mass is 19.3. The Labute approximate surface area is 189 Å². The summed E-state index contributed by atoms with van der Waals surface area (Å²) in [6.45, 7) is 3.90. The molecule has 33 heavy (non-hydrogen) atoms. The molecule has 2 atom stereocenters. The first-order valence-electron chi connectivity index (χ1n) is 10.7. The molecule has 1 aliphatic carbocycles. The highest BCUT2D eigenvalue weighted by Gasteiger charge is 2.61. The number of aryl methyl sites for hydroxylation is 1. The highest BCUT2D eigenvalue weighted by molar-refractivity contribution is 5.95. The van der Waals surface area contributed by atoms with E-state index in [9.17, 15) is 18.7 Å². The predicted molar refractivity (Wildman–Crippen MR) is 119 cm³/mol. The number of nitrogens with one attached hydrogen (secondary N) is 2. The Morgan fingerprint density at radius 3 is 2.76 bits per heavy atom. The Kier molecular flexibility index (Phi) is 6.28. The number of hydrogen-bond donors (Lipinski definition) is 3. The van der Waals surface area contributed by atoms with Gasteiger partial charge in [-0.2, -0.15) is 0 Å². The van der Waals surface area contributed by atoms with Crippen molar-refractivity contribution in [1.29, 1.82) is 0 Å². The van der Waals surface area contributed by atoms with Crippen LogP contribution in [0.5, 0.6) is 0 Å². The fourth-order valence-corrected chi connectivity index (χ4v) is 3.44. The third-order valence-corrected chi connectivity index (χ3v) is 5.43. The molecule has 0 spiro atoms. The van der Waals surface area contributed by atoms with Gasteiger partial charge in [-0.25, -0.2) is 23.7 Å². The number of nitrogens with zero attached hydrogens (tertiary/aromatic N) is 4. The summed E-state index contributed by atoms with van der Waals surface area (Å²) in [6, 6.07) is 6.87. The summed E-state index contributed by atoms with van der Waals surface area (Å²) in [5.74, 6) is -4.40. The van der Waals surface area contributed by atoms with Crippen LogP contribution in [0.4, 0.5) is 26.1 Å². The Bertz CT molecular complexity index is 1170. The number of aliphatic hydroxyl groups is 1. The van der Waals surface area contributed by atoms with Crippen LogP contribution in [0.1, 0.15) is 43.5 Å². The molecule has 3 aromatic rings. The largest absolute Gasteiger partial charge is 0.387 e. The van der Waals surface area contributed by atoms with Gasteiger partial charge < -0.3 is 15.7 Å². The topological polar surface area (TPSA) is 113 Å². The Balaban J connectivity index is 1.55. The van der Waals surface area contributed by atoms with E-state index >= 15 is 0 Å². The number of anilines is 3. The molecule has 8 nitrogen and oxygen atoms in total. The maximum atomic E-state index is 13.2. The second-order valence-corrected chi connectivity index (χ2v) is 8.05. The summed E-state index contributed by atoms with van der Waals surface area (Å²) in [5, 5.41) is 15.9. The molecular weight excluding hydrogens is 430 g/mol. The van der Waals surface area contributed by atoms with Crippen LogP contribution in [0, 0.1) is 12.8 Å². The van der Waals surface area contributed by atoms with Crippen LogP contribution in [0.15, 0.2) is 43.0 Å². The lowest BCUT2D eigenvalue weighted by molar-refractivity contribution is -0.119. The molecule has 0 aromatic carbocycles. The number of amides is 1. The lowest BCUT2D eigenvalue weighted by Crippen LogP contribution is -2.18. The highest BCUT2D eigenvalue weighted by Crippen LogP contribution is 2.49. The van der Waals surface area contributed by atoms with Crippen LogP contribution in [0.3, 0.4) is 0 Å². The molecule has 1 unspecified atom stereocenters. The third kappa shape index (κ3) is 5.11. The number of carbonyl (C=O) groups excluding carboxylic acids is 1. The summed E-state index contributed by atoms with van der Waals surface area (Å²) >= 11 is 0. The summed E-state index contributed by atoms with van der Waals surface area (Å²) in [4.78, 5) is 29.0. The van der Waals surface area contributed by atoms with E-state index in [1.54, 1.807) is 24.5 Å². The fraction of sp³-hybridized carbons (Fsp3) is 0.348. The van der Waals surface area contributed by atoms with Crippen molar-refractivity contribution < 1.29 is 18.7 Å². The van der Waals surface area contributed by atoms with E-state index in [0.717, 1.165) is 12.0 Å². The molecule has 3 N–H and O–H groups in total. The van der Waals surface area contributed by atoms with Crippen LogP contribution < -0.4 is 10.6 Å². The standard InChI is InChI=1S/C23H24F2N6O2/c1-3-5-19(32)17-8-13(2)18(11-27-17)30-21-14(6-4-7-26-21)16-9-20(29-12-28-16)31-22(33)15-10-23(15,24)25/h4,6-9,11-12,15,19,32H,3,5,10H2,1-2H3,(H,26,30)(H,28,29,31,33)/t15-,19?/m1/s1. The van der Waals surface area contributed by atoms with Gasteiger partial charge >= 0.3 is 0 Å². The van der Waals surface area contributed by atoms with E-state index in [2.05, 4.69) is 30.6 Å². The number of hydrogen-bond acceptors (Lipinski definition) is 7. The van der Waals surface area contributed by atoms with E-state index in [-0.39, 0.29) is 5.82 Å². The molecule has 0 bridgehead atoms. The first kappa shape index (κ1) is 22.7. The quantitative estimate of drug-likeness (QED) is 0.462. The van der Waals surface area contributed by atoms with Crippen LogP contribution >= 0.6 is 0 Å². The van der Waals surface area contributed by atoms with Gasteiger partial charge in [-0.1, -0.05) is 13.3 Å². The van der Waals surface area contributed by atoms with Crippen molar-refractivity contribution in [2.24, 2.45) is 5.92 Å². The zero-order chi connectivity index (χ0) is 23.6. The van der Waals surface area contributed by atoms with Gasteiger partial charge in [-0.05, 0) is 37.1 Å². The van der Waals surface area contributed by atoms with Crippen LogP contribution in [-0.2, 0) is 4.79 Å². The van der Waals surface area contributed by atoms with Crippen molar-refractivity contribution in [1.82, 2.24) is 19.9 Å². The van der Waals surface area contributed by atoms with Crippen molar-refractivity contribution in [3.63, 3.8) is 0 Å². The third-order valence-electron chi connectivity index (χ3n) is 5.43. The molecule has 0 aliphatic heterocycles. The Morgan fingerprint density at radius 2 is 2.06 bits per heavy atom. The van der Waals surface area contributed by atoms with Crippen molar-refractivity contribution in [2.45, 2.75) is 45.1 Å². The molecule has 1 fully saturated rings. The van der Waals surface area contributed by atoms with Crippen LogP contribution in [-0.4, -0.2) is 36.9 Å². The van der Waals surface area contributed by atoms with Gasteiger partial charge in [0.25, 0.3) is 5.92 Å². The number of aliphatic hydroxyl groups excluding tert-OH is 1. The Hall–Kier alpha value is -3.53. The number of carbonyl (C=O) groups is 1. The maximum absolute atomic E-state index is 13.2. The number of halogens is 2. The SMILES string of the molecule is CCCC(O)c1cc(C)c(Nc2ncccc2-c2cc(NC(=O)[C@H]3CC3(F)F)ncn2)cn1. The lowest BCUT2D eigenvalue weighted by Gasteiger charge is -2.15. The van der Waals surface area contributed by atoms with E-state index < -0.39 is 30.3 Å². The average molecular weight is 454 g/mol. The zero-order valence-corrected chi connectivity index (χ0v) is 18.2. The molecule has 3 heterocycles.